The molecule has 0 atom stereocenters. The van der Waals surface area contributed by atoms with Crippen LogP contribution in [-0.4, -0.2) is 29.7 Å². The number of likely N-dealkylation sites (tertiary alicyclic amines) is 1. The summed E-state index contributed by atoms with van der Waals surface area (Å²) >= 11 is 3.25. The Labute approximate surface area is 113 Å². The summed E-state index contributed by atoms with van der Waals surface area (Å²) in [4.78, 5) is 24.8. The number of Topliss-reactive ketones (excluding diaryl/α,β-unsaturated/α-hetero) is 1. The van der Waals surface area contributed by atoms with Gasteiger partial charge in [-0.3, -0.25) is 9.59 Å². The van der Waals surface area contributed by atoms with Crippen molar-refractivity contribution >= 4 is 27.6 Å². The van der Waals surface area contributed by atoms with E-state index in [0.717, 1.165) is 4.47 Å². The van der Waals surface area contributed by atoms with E-state index in [9.17, 15) is 14.0 Å². The zero-order valence-electron chi connectivity index (χ0n) is 9.79. The highest BCUT2D eigenvalue weighted by molar-refractivity contribution is 9.10. The van der Waals surface area contributed by atoms with Gasteiger partial charge in [-0.1, -0.05) is 15.9 Å². The van der Waals surface area contributed by atoms with Crippen molar-refractivity contribution in [2.45, 2.75) is 19.3 Å². The quantitative estimate of drug-likeness (QED) is 0.840. The Hall–Kier alpha value is -1.23. The maximum absolute atomic E-state index is 13.5. The van der Waals surface area contributed by atoms with E-state index >= 15 is 0 Å². The van der Waals surface area contributed by atoms with Crippen LogP contribution in [0.15, 0.2) is 22.7 Å². The van der Waals surface area contributed by atoms with Crippen molar-refractivity contribution in [3.05, 3.63) is 34.1 Å². The number of piperidine rings is 1. The SMILES string of the molecule is O=C1CCCN(C(=O)Cc2cc(Br)ccc2F)C1. The summed E-state index contributed by atoms with van der Waals surface area (Å²) in [6.45, 7) is 0.745. The number of halogens is 2. The molecule has 18 heavy (non-hydrogen) atoms. The van der Waals surface area contributed by atoms with Crippen LogP contribution in [0.4, 0.5) is 4.39 Å². The second kappa shape index (κ2) is 5.61. The Bertz CT molecular complexity index is 490. The zero-order chi connectivity index (χ0) is 13.1. The van der Waals surface area contributed by atoms with Gasteiger partial charge in [0.2, 0.25) is 5.91 Å². The number of nitrogens with zero attached hydrogens (tertiary/aromatic N) is 1. The molecular weight excluding hydrogens is 301 g/mol. The normalized spacial score (nSPS) is 15.9. The van der Waals surface area contributed by atoms with Crippen molar-refractivity contribution < 1.29 is 14.0 Å². The van der Waals surface area contributed by atoms with Gasteiger partial charge in [0.25, 0.3) is 0 Å². The van der Waals surface area contributed by atoms with Gasteiger partial charge in [-0.2, -0.15) is 0 Å². The highest BCUT2D eigenvalue weighted by Crippen LogP contribution is 2.17. The van der Waals surface area contributed by atoms with Crippen LogP contribution in [0.2, 0.25) is 0 Å². The molecule has 1 aromatic rings. The molecule has 3 nitrogen and oxygen atoms in total. The maximum atomic E-state index is 13.5. The molecule has 1 aliphatic rings. The van der Waals surface area contributed by atoms with Crippen LogP contribution in [0, 0.1) is 5.82 Å². The average Bonchev–Trinajstić information content (AvgIpc) is 2.34. The molecule has 5 heteroatoms. The summed E-state index contributed by atoms with van der Waals surface area (Å²) in [6, 6.07) is 4.51. The molecule has 1 aromatic carbocycles. The van der Waals surface area contributed by atoms with Crippen LogP contribution in [-0.2, 0) is 16.0 Å². The van der Waals surface area contributed by atoms with E-state index in [2.05, 4.69) is 15.9 Å². The van der Waals surface area contributed by atoms with Crippen LogP contribution >= 0.6 is 15.9 Å². The maximum Gasteiger partial charge on any atom is 0.227 e. The predicted molar refractivity (Wildman–Crippen MR) is 68.6 cm³/mol. The number of ketones is 1. The van der Waals surface area contributed by atoms with Gasteiger partial charge in [0, 0.05) is 17.4 Å². The lowest BCUT2D eigenvalue weighted by molar-refractivity contribution is -0.137. The van der Waals surface area contributed by atoms with E-state index in [1.807, 2.05) is 0 Å². The highest BCUT2D eigenvalue weighted by Gasteiger charge is 2.22. The number of carbonyl (C=O) groups is 2. The lowest BCUT2D eigenvalue weighted by Gasteiger charge is -2.25. The lowest BCUT2D eigenvalue weighted by atomic mass is 10.1. The van der Waals surface area contributed by atoms with Crippen molar-refractivity contribution in [3.63, 3.8) is 0 Å². The summed E-state index contributed by atoms with van der Waals surface area (Å²) in [5.41, 5.74) is 0.354. The van der Waals surface area contributed by atoms with E-state index in [4.69, 9.17) is 0 Å². The second-order valence-electron chi connectivity index (χ2n) is 4.37. The first kappa shape index (κ1) is 13.2. The van der Waals surface area contributed by atoms with E-state index in [1.165, 1.54) is 11.0 Å². The standard InChI is InChI=1S/C13H13BrFNO2/c14-10-3-4-12(15)9(6-10)7-13(18)16-5-1-2-11(17)8-16/h3-4,6H,1-2,5,7-8H2. The third-order valence-corrected chi connectivity index (χ3v) is 3.45. The monoisotopic (exact) mass is 313 g/mol. The molecule has 1 heterocycles. The molecular formula is C13H13BrFNO2. The third kappa shape index (κ3) is 3.16. The molecule has 1 aliphatic heterocycles. The molecule has 0 N–H and O–H groups in total. The average molecular weight is 314 g/mol. The van der Waals surface area contributed by atoms with Crippen molar-refractivity contribution in [1.82, 2.24) is 4.90 Å². The molecule has 1 saturated heterocycles. The number of rotatable bonds is 2. The lowest BCUT2D eigenvalue weighted by Crippen LogP contribution is -2.41. The molecule has 0 saturated carbocycles. The second-order valence-corrected chi connectivity index (χ2v) is 5.29. The highest BCUT2D eigenvalue weighted by atomic mass is 79.9. The Morgan fingerprint density at radius 3 is 2.94 bits per heavy atom. The first-order valence-corrected chi connectivity index (χ1v) is 6.59. The minimum absolute atomic E-state index is 0.00144. The van der Waals surface area contributed by atoms with Crippen LogP contribution in [0.3, 0.4) is 0 Å². The Morgan fingerprint density at radius 2 is 2.22 bits per heavy atom. The van der Waals surface area contributed by atoms with Crippen LogP contribution in [0.5, 0.6) is 0 Å². The van der Waals surface area contributed by atoms with E-state index in [0.29, 0.717) is 24.9 Å². The summed E-state index contributed by atoms with van der Waals surface area (Å²) < 4.78 is 14.3. The molecule has 2 rings (SSSR count). The molecule has 0 aromatic heterocycles. The zero-order valence-corrected chi connectivity index (χ0v) is 11.4. The van der Waals surface area contributed by atoms with Gasteiger partial charge in [-0.25, -0.2) is 4.39 Å². The first-order valence-electron chi connectivity index (χ1n) is 5.79. The summed E-state index contributed by atoms with van der Waals surface area (Å²) in [6.07, 6.45) is 1.24. The topological polar surface area (TPSA) is 37.4 Å². The van der Waals surface area contributed by atoms with Crippen LogP contribution in [0.25, 0.3) is 0 Å². The Kier molecular flexibility index (Phi) is 4.11. The third-order valence-electron chi connectivity index (χ3n) is 2.95. The Balaban J connectivity index is 2.06. The summed E-state index contributed by atoms with van der Waals surface area (Å²) in [5.74, 6) is -0.515. The van der Waals surface area contributed by atoms with Crippen molar-refractivity contribution in [3.8, 4) is 0 Å². The van der Waals surface area contributed by atoms with Gasteiger partial charge in [0.05, 0.1) is 13.0 Å². The van der Waals surface area contributed by atoms with E-state index in [1.54, 1.807) is 12.1 Å². The summed E-state index contributed by atoms with van der Waals surface area (Å²) in [5, 5.41) is 0. The minimum atomic E-state index is -0.394. The molecule has 0 aliphatic carbocycles. The predicted octanol–water partition coefficient (Wildman–Crippen LogP) is 2.32. The van der Waals surface area contributed by atoms with Crippen molar-refractivity contribution in [2.75, 3.05) is 13.1 Å². The van der Waals surface area contributed by atoms with Crippen LogP contribution in [0.1, 0.15) is 18.4 Å². The largest absolute Gasteiger partial charge is 0.335 e. The number of carbonyl (C=O) groups excluding carboxylic acids is 2. The van der Waals surface area contributed by atoms with Gasteiger partial charge in [0.1, 0.15) is 5.82 Å². The molecule has 1 amide bonds. The molecule has 0 spiro atoms. The first-order chi connectivity index (χ1) is 8.56. The number of hydrogen-bond donors (Lipinski definition) is 0. The smallest absolute Gasteiger partial charge is 0.227 e. The van der Waals surface area contributed by atoms with E-state index < -0.39 is 5.82 Å². The van der Waals surface area contributed by atoms with Gasteiger partial charge in [-0.15, -0.1) is 0 Å². The van der Waals surface area contributed by atoms with Gasteiger partial charge >= 0.3 is 0 Å². The number of amides is 1. The summed E-state index contributed by atoms with van der Waals surface area (Å²) in [7, 11) is 0. The van der Waals surface area contributed by atoms with Crippen molar-refractivity contribution in [2.24, 2.45) is 0 Å². The molecule has 0 unspecified atom stereocenters. The molecule has 0 bridgehead atoms. The van der Waals surface area contributed by atoms with Gasteiger partial charge < -0.3 is 4.90 Å². The fourth-order valence-corrected chi connectivity index (χ4v) is 2.41. The molecule has 1 fully saturated rings. The van der Waals surface area contributed by atoms with Gasteiger partial charge in [0.15, 0.2) is 5.78 Å². The number of hydrogen-bond acceptors (Lipinski definition) is 2. The molecule has 96 valence electrons. The fourth-order valence-electron chi connectivity index (χ4n) is 2.00. The Morgan fingerprint density at radius 1 is 1.44 bits per heavy atom. The van der Waals surface area contributed by atoms with E-state index in [-0.39, 0.29) is 24.7 Å². The van der Waals surface area contributed by atoms with Gasteiger partial charge in [-0.05, 0) is 30.2 Å². The fraction of sp³-hybridized carbons (Fsp3) is 0.385. The molecule has 0 radical (unpaired) electrons. The van der Waals surface area contributed by atoms with Crippen LogP contribution < -0.4 is 0 Å². The number of benzene rings is 1. The van der Waals surface area contributed by atoms with Crippen molar-refractivity contribution in [1.29, 1.82) is 0 Å². The minimum Gasteiger partial charge on any atom is -0.335 e.